The van der Waals surface area contributed by atoms with Crippen LogP contribution in [0.2, 0.25) is 0 Å². The molecule has 0 bridgehead atoms. The molecule has 1 atom stereocenters. The van der Waals surface area contributed by atoms with Crippen LogP contribution in [0, 0.1) is 5.16 Å². The van der Waals surface area contributed by atoms with Crippen LogP contribution in [-0.4, -0.2) is 30.5 Å². The standard InChI is InChI=1S/C7H17FN3P/c1-5-11(6-2)7(3)10-12(4,8)9/h9H,5-6H2,1-4H3. The summed E-state index contributed by atoms with van der Waals surface area (Å²) in [4.78, 5) is 1.94. The first-order valence-electron chi connectivity index (χ1n) is 4.03. The maximum Gasteiger partial charge on any atom is 0.235 e. The van der Waals surface area contributed by atoms with E-state index in [4.69, 9.17) is 5.16 Å². The topological polar surface area (TPSA) is 39.5 Å². The highest BCUT2D eigenvalue weighted by Crippen LogP contribution is 2.45. The van der Waals surface area contributed by atoms with E-state index in [0.29, 0.717) is 5.84 Å². The Morgan fingerprint density at radius 3 is 2.17 bits per heavy atom. The molecule has 0 aromatic heterocycles. The molecule has 0 heterocycles. The highest BCUT2D eigenvalue weighted by molar-refractivity contribution is 7.57. The molecule has 0 aliphatic heterocycles. The summed E-state index contributed by atoms with van der Waals surface area (Å²) in [6, 6.07) is 0. The molecule has 0 aromatic carbocycles. The fourth-order valence-electron chi connectivity index (χ4n) is 1.02. The SMILES string of the molecule is CCN(CC)C(C)=NP(C)(=N)F. The summed E-state index contributed by atoms with van der Waals surface area (Å²) in [5, 5.41) is 7.04. The summed E-state index contributed by atoms with van der Waals surface area (Å²) in [6.07, 6.45) is 0. The second-order valence-electron chi connectivity index (χ2n) is 2.67. The van der Waals surface area contributed by atoms with Crippen LogP contribution in [0.25, 0.3) is 0 Å². The van der Waals surface area contributed by atoms with Crippen LogP contribution in [0.3, 0.4) is 0 Å². The summed E-state index contributed by atoms with van der Waals surface area (Å²) < 4.78 is 16.5. The van der Waals surface area contributed by atoms with Crippen molar-refractivity contribution in [2.75, 3.05) is 19.8 Å². The fourth-order valence-corrected chi connectivity index (χ4v) is 1.69. The second kappa shape index (κ2) is 4.61. The Morgan fingerprint density at radius 1 is 1.50 bits per heavy atom. The molecular formula is C7H17FN3P. The van der Waals surface area contributed by atoms with Gasteiger partial charge in [-0.2, -0.15) is 4.20 Å². The quantitative estimate of drug-likeness (QED) is 0.417. The Kier molecular flexibility index (Phi) is 4.46. The molecule has 5 heteroatoms. The highest BCUT2D eigenvalue weighted by Gasteiger charge is 2.07. The highest BCUT2D eigenvalue weighted by atomic mass is 31.2. The lowest BCUT2D eigenvalue weighted by Gasteiger charge is -2.20. The van der Waals surface area contributed by atoms with E-state index in [9.17, 15) is 4.20 Å². The van der Waals surface area contributed by atoms with Crippen LogP contribution in [0.15, 0.2) is 4.76 Å². The molecule has 0 aliphatic rings. The van der Waals surface area contributed by atoms with E-state index in [1.807, 2.05) is 18.7 Å². The Morgan fingerprint density at radius 2 is 1.92 bits per heavy atom. The first kappa shape index (κ1) is 11.6. The molecule has 12 heavy (non-hydrogen) atoms. The summed E-state index contributed by atoms with van der Waals surface area (Å²) in [6.45, 7) is 8.58. The monoisotopic (exact) mass is 193 g/mol. The number of hydrogen-bond donors (Lipinski definition) is 1. The van der Waals surface area contributed by atoms with Gasteiger partial charge in [0.25, 0.3) is 0 Å². The van der Waals surface area contributed by atoms with Crippen molar-refractivity contribution in [1.82, 2.24) is 4.90 Å². The Bertz CT molecular complexity index is 205. The van der Waals surface area contributed by atoms with Crippen molar-refractivity contribution < 1.29 is 4.20 Å². The lowest BCUT2D eigenvalue weighted by atomic mass is 10.5. The van der Waals surface area contributed by atoms with Crippen LogP contribution in [0.1, 0.15) is 20.8 Å². The molecular weight excluding hydrogens is 176 g/mol. The average molecular weight is 193 g/mol. The van der Waals surface area contributed by atoms with Gasteiger partial charge in [0, 0.05) is 19.8 Å². The zero-order chi connectivity index (χ0) is 9.78. The molecule has 1 unspecified atom stereocenters. The van der Waals surface area contributed by atoms with Gasteiger partial charge in [-0.25, -0.2) is 4.76 Å². The third-order valence-electron chi connectivity index (χ3n) is 1.55. The molecule has 0 radical (unpaired) electrons. The van der Waals surface area contributed by atoms with Crippen molar-refractivity contribution in [3.05, 3.63) is 0 Å². The summed E-state index contributed by atoms with van der Waals surface area (Å²) >= 11 is 0. The minimum Gasteiger partial charge on any atom is -0.361 e. The van der Waals surface area contributed by atoms with Crippen LogP contribution in [0.4, 0.5) is 4.20 Å². The predicted octanol–water partition coefficient (Wildman–Crippen LogP) is 2.96. The number of rotatable bonds is 3. The van der Waals surface area contributed by atoms with Gasteiger partial charge < -0.3 is 4.90 Å². The van der Waals surface area contributed by atoms with Gasteiger partial charge in [-0.15, -0.1) is 0 Å². The lowest BCUT2D eigenvalue weighted by molar-refractivity contribution is 0.463. The van der Waals surface area contributed by atoms with E-state index in [0.717, 1.165) is 13.1 Å². The normalized spacial score (nSPS) is 17.2. The first-order chi connectivity index (χ1) is 5.40. The molecule has 0 spiro atoms. The minimum atomic E-state index is -3.26. The maximum absolute atomic E-state index is 12.8. The second-order valence-corrected chi connectivity index (χ2v) is 4.58. The number of nitrogens with zero attached hydrogens (tertiary/aromatic N) is 2. The van der Waals surface area contributed by atoms with Gasteiger partial charge in [0.2, 0.25) is 7.52 Å². The zero-order valence-electron chi connectivity index (χ0n) is 8.13. The molecule has 0 aliphatic carbocycles. The molecule has 0 saturated carbocycles. The third-order valence-corrected chi connectivity index (χ3v) is 2.22. The van der Waals surface area contributed by atoms with Gasteiger partial charge in [0.1, 0.15) is 5.84 Å². The molecule has 3 nitrogen and oxygen atoms in total. The van der Waals surface area contributed by atoms with Crippen LogP contribution < -0.4 is 0 Å². The van der Waals surface area contributed by atoms with Gasteiger partial charge in [0.05, 0.1) is 0 Å². The number of nitrogens with one attached hydrogen (secondary N) is 1. The minimum absolute atomic E-state index is 0.633. The predicted molar refractivity (Wildman–Crippen MR) is 52.7 cm³/mol. The Balaban J connectivity index is 4.45. The largest absolute Gasteiger partial charge is 0.361 e. The van der Waals surface area contributed by atoms with Crippen LogP contribution in [0.5, 0.6) is 0 Å². The van der Waals surface area contributed by atoms with Crippen molar-refractivity contribution in [2.24, 2.45) is 4.76 Å². The summed E-state index contributed by atoms with van der Waals surface area (Å²) in [7, 11) is -3.26. The van der Waals surface area contributed by atoms with E-state index < -0.39 is 7.52 Å². The maximum atomic E-state index is 12.8. The fraction of sp³-hybridized carbons (Fsp3) is 0.857. The van der Waals surface area contributed by atoms with E-state index in [1.165, 1.54) is 6.66 Å². The molecule has 72 valence electrons. The number of halogens is 1. The van der Waals surface area contributed by atoms with Crippen molar-refractivity contribution in [1.29, 1.82) is 5.16 Å². The van der Waals surface area contributed by atoms with E-state index >= 15 is 0 Å². The lowest BCUT2D eigenvalue weighted by Crippen LogP contribution is -2.27. The van der Waals surface area contributed by atoms with E-state index in [1.54, 1.807) is 6.92 Å². The smallest absolute Gasteiger partial charge is 0.235 e. The van der Waals surface area contributed by atoms with Crippen molar-refractivity contribution in [2.45, 2.75) is 20.8 Å². The Hall–Kier alpha value is -0.370. The van der Waals surface area contributed by atoms with Gasteiger partial charge in [-0.3, -0.25) is 5.16 Å². The Labute approximate surface area is 73.7 Å². The van der Waals surface area contributed by atoms with Gasteiger partial charge in [-0.05, 0) is 20.8 Å². The average Bonchev–Trinajstić information content (AvgIpc) is 1.85. The number of hydrogen-bond acceptors (Lipinski definition) is 1. The summed E-state index contributed by atoms with van der Waals surface area (Å²) in [5.41, 5.74) is 0. The van der Waals surface area contributed by atoms with Crippen molar-refractivity contribution >= 4 is 13.4 Å². The molecule has 0 amide bonds. The van der Waals surface area contributed by atoms with Crippen LogP contribution in [-0.2, 0) is 0 Å². The van der Waals surface area contributed by atoms with Gasteiger partial charge in [-0.1, -0.05) is 0 Å². The molecule has 0 aromatic rings. The van der Waals surface area contributed by atoms with Gasteiger partial charge in [0.15, 0.2) is 0 Å². The van der Waals surface area contributed by atoms with Crippen molar-refractivity contribution in [3.63, 3.8) is 0 Å². The summed E-state index contributed by atoms with van der Waals surface area (Å²) in [5.74, 6) is 0.633. The van der Waals surface area contributed by atoms with E-state index in [2.05, 4.69) is 4.76 Å². The molecule has 0 rings (SSSR count). The molecule has 0 fully saturated rings. The van der Waals surface area contributed by atoms with Crippen LogP contribution >= 0.6 is 7.52 Å². The van der Waals surface area contributed by atoms with Gasteiger partial charge >= 0.3 is 0 Å². The molecule has 1 N–H and O–H groups in total. The molecule has 0 saturated heterocycles. The zero-order valence-corrected chi connectivity index (χ0v) is 9.03. The van der Waals surface area contributed by atoms with E-state index in [-0.39, 0.29) is 0 Å². The van der Waals surface area contributed by atoms with Crippen molar-refractivity contribution in [3.8, 4) is 0 Å². The first-order valence-corrected chi connectivity index (χ1v) is 6.11. The third kappa shape index (κ3) is 4.50. The number of amidine groups is 1.